The summed E-state index contributed by atoms with van der Waals surface area (Å²) >= 11 is 0. The van der Waals surface area contributed by atoms with E-state index >= 15 is 0 Å². The Hall–Kier alpha value is -0.693. The molecule has 0 saturated carbocycles. The average molecular weight is 219 g/mol. The molecular weight excluding hydrogens is 202 g/mol. The van der Waals surface area contributed by atoms with Crippen molar-refractivity contribution in [1.82, 2.24) is 5.32 Å². The Morgan fingerprint density at radius 3 is 2.21 bits per heavy atom. The van der Waals surface area contributed by atoms with E-state index in [0.717, 1.165) is 0 Å². The molecule has 0 aromatic heterocycles. The summed E-state index contributed by atoms with van der Waals surface area (Å²) in [5, 5.41) is 2.63. The molecule has 0 saturated heterocycles. The summed E-state index contributed by atoms with van der Waals surface area (Å²) in [6, 6.07) is 0.538. The van der Waals surface area contributed by atoms with Gasteiger partial charge in [0.1, 0.15) is 0 Å². The summed E-state index contributed by atoms with van der Waals surface area (Å²) in [5.74, 6) is -0.212. The highest BCUT2D eigenvalue weighted by molar-refractivity contribution is 6.60. The molecule has 0 rings (SSSR count). The van der Waals surface area contributed by atoms with E-state index in [4.69, 9.17) is 13.3 Å². The van der Waals surface area contributed by atoms with Crippen molar-refractivity contribution >= 4 is 14.7 Å². The maximum absolute atomic E-state index is 10.8. The van der Waals surface area contributed by atoms with Crippen molar-refractivity contribution in [2.45, 2.75) is 6.04 Å². The van der Waals surface area contributed by atoms with Crippen molar-refractivity contribution in [3.8, 4) is 0 Å². The van der Waals surface area contributed by atoms with Crippen LogP contribution in [0.4, 0.5) is 0 Å². The fourth-order valence-electron chi connectivity index (χ4n) is 0.967. The molecule has 14 heavy (non-hydrogen) atoms. The summed E-state index contributed by atoms with van der Waals surface area (Å²) in [6.07, 6.45) is 1.22. The van der Waals surface area contributed by atoms with Crippen LogP contribution in [0.25, 0.3) is 0 Å². The topological polar surface area (TPSA) is 56.8 Å². The minimum absolute atomic E-state index is 0.212. The highest BCUT2D eigenvalue weighted by Crippen LogP contribution is 2.10. The molecule has 5 nitrogen and oxygen atoms in total. The molecule has 0 bridgehead atoms. The molecule has 0 atom stereocenters. The van der Waals surface area contributed by atoms with Crippen molar-refractivity contribution in [3.05, 3.63) is 12.7 Å². The van der Waals surface area contributed by atoms with Gasteiger partial charge in [0, 0.05) is 33.9 Å². The standard InChI is InChI=1S/C8H17NO4Si/c1-5-8(10)9-6-7-14(11-2,12-3)13-4/h5H,1,6-7H2,2-4H3,(H,9,10). The quantitative estimate of drug-likeness (QED) is 0.490. The molecule has 0 radical (unpaired) electrons. The number of hydrogen-bond acceptors (Lipinski definition) is 4. The Labute approximate surface area is 85.4 Å². The van der Waals surface area contributed by atoms with Gasteiger partial charge in [0.2, 0.25) is 5.91 Å². The van der Waals surface area contributed by atoms with Crippen LogP contribution in [0.3, 0.4) is 0 Å². The van der Waals surface area contributed by atoms with Crippen LogP contribution in [0.15, 0.2) is 12.7 Å². The zero-order valence-corrected chi connectivity index (χ0v) is 9.83. The third-order valence-electron chi connectivity index (χ3n) is 1.85. The van der Waals surface area contributed by atoms with Gasteiger partial charge in [-0.15, -0.1) is 0 Å². The van der Waals surface area contributed by atoms with Crippen LogP contribution in [0.2, 0.25) is 6.04 Å². The summed E-state index contributed by atoms with van der Waals surface area (Å²) in [6.45, 7) is 3.79. The van der Waals surface area contributed by atoms with Crippen LogP contribution < -0.4 is 5.32 Å². The Morgan fingerprint density at radius 2 is 1.86 bits per heavy atom. The van der Waals surface area contributed by atoms with Crippen LogP contribution in [0.1, 0.15) is 0 Å². The zero-order valence-electron chi connectivity index (χ0n) is 8.83. The molecule has 0 aliphatic rings. The van der Waals surface area contributed by atoms with Gasteiger partial charge in [-0.2, -0.15) is 0 Å². The second-order valence-electron chi connectivity index (χ2n) is 2.54. The van der Waals surface area contributed by atoms with Crippen molar-refractivity contribution in [3.63, 3.8) is 0 Å². The summed E-state index contributed by atoms with van der Waals surface area (Å²) in [7, 11) is 2.06. The van der Waals surface area contributed by atoms with E-state index in [1.54, 1.807) is 0 Å². The van der Waals surface area contributed by atoms with Crippen LogP contribution in [0, 0.1) is 0 Å². The second-order valence-corrected chi connectivity index (χ2v) is 5.63. The van der Waals surface area contributed by atoms with Gasteiger partial charge in [0.15, 0.2) is 0 Å². The lowest BCUT2D eigenvalue weighted by atomic mass is 10.6. The zero-order chi connectivity index (χ0) is 11.0. The molecule has 0 unspecified atom stereocenters. The third-order valence-corrected chi connectivity index (χ3v) is 4.58. The molecule has 1 amide bonds. The van der Waals surface area contributed by atoms with Crippen LogP contribution in [-0.4, -0.2) is 42.6 Å². The second kappa shape index (κ2) is 6.72. The van der Waals surface area contributed by atoms with Crippen molar-refractivity contribution in [2.24, 2.45) is 0 Å². The number of hydrogen-bond donors (Lipinski definition) is 1. The van der Waals surface area contributed by atoms with Gasteiger partial charge in [0.05, 0.1) is 0 Å². The highest BCUT2D eigenvalue weighted by atomic mass is 28.4. The number of carbonyl (C=O) groups excluding carboxylic acids is 1. The first-order valence-corrected chi connectivity index (χ1v) is 6.13. The van der Waals surface area contributed by atoms with Gasteiger partial charge in [0.25, 0.3) is 0 Å². The van der Waals surface area contributed by atoms with Crippen LogP contribution in [0.5, 0.6) is 0 Å². The normalized spacial score (nSPS) is 11.1. The fraction of sp³-hybridized carbons (Fsp3) is 0.625. The average Bonchev–Trinajstić information content (AvgIpc) is 2.25. The Bertz CT molecular complexity index is 186. The largest absolute Gasteiger partial charge is 0.501 e. The SMILES string of the molecule is C=CC(=O)NCC[Si](OC)(OC)OC. The van der Waals surface area contributed by atoms with Crippen LogP contribution in [-0.2, 0) is 18.1 Å². The van der Waals surface area contributed by atoms with E-state index in [9.17, 15) is 4.79 Å². The van der Waals surface area contributed by atoms with Gasteiger partial charge in [-0.05, 0) is 6.08 Å². The van der Waals surface area contributed by atoms with Crippen molar-refractivity contribution < 1.29 is 18.1 Å². The van der Waals surface area contributed by atoms with E-state index in [-0.39, 0.29) is 5.91 Å². The van der Waals surface area contributed by atoms with E-state index in [2.05, 4.69) is 11.9 Å². The lowest BCUT2D eigenvalue weighted by Gasteiger charge is -2.24. The van der Waals surface area contributed by atoms with Gasteiger partial charge in [-0.1, -0.05) is 6.58 Å². The lowest BCUT2D eigenvalue weighted by Crippen LogP contribution is -2.45. The molecule has 0 heterocycles. The van der Waals surface area contributed by atoms with Crippen molar-refractivity contribution in [1.29, 1.82) is 0 Å². The number of carbonyl (C=O) groups is 1. The fourth-order valence-corrected chi connectivity index (χ4v) is 2.51. The lowest BCUT2D eigenvalue weighted by molar-refractivity contribution is -0.116. The smallest absolute Gasteiger partial charge is 0.377 e. The predicted molar refractivity (Wildman–Crippen MR) is 54.8 cm³/mol. The summed E-state index contributed by atoms with van der Waals surface area (Å²) < 4.78 is 15.5. The maximum atomic E-state index is 10.8. The monoisotopic (exact) mass is 219 g/mol. The van der Waals surface area contributed by atoms with E-state index in [0.29, 0.717) is 12.6 Å². The Morgan fingerprint density at radius 1 is 1.36 bits per heavy atom. The molecule has 82 valence electrons. The Balaban J connectivity index is 3.94. The first kappa shape index (κ1) is 13.3. The molecule has 0 aliphatic heterocycles. The third kappa shape index (κ3) is 4.01. The van der Waals surface area contributed by atoms with Gasteiger partial charge >= 0.3 is 8.80 Å². The minimum Gasteiger partial charge on any atom is -0.377 e. The van der Waals surface area contributed by atoms with Gasteiger partial charge < -0.3 is 18.6 Å². The highest BCUT2D eigenvalue weighted by Gasteiger charge is 2.37. The molecule has 0 aromatic carbocycles. The first-order chi connectivity index (χ1) is 6.64. The predicted octanol–water partition coefficient (Wildman–Crippen LogP) is 0.167. The molecule has 0 aromatic rings. The van der Waals surface area contributed by atoms with Gasteiger partial charge in [-0.25, -0.2) is 0 Å². The Kier molecular flexibility index (Phi) is 6.38. The molecule has 0 aliphatic carbocycles. The number of amides is 1. The molecule has 0 fully saturated rings. The van der Waals surface area contributed by atoms with Crippen molar-refractivity contribution in [2.75, 3.05) is 27.9 Å². The molecule has 1 N–H and O–H groups in total. The number of nitrogens with one attached hydrogen (secondary N) is 1. The minimum atomic E-state index is -2.55. The molecule has 0 spiro atoms. The summed E-state index contributed by atoms with van der Waals surface area (Å²) in [4.78, 5) is 10.8. The molecule has 6 heteroatoms. The first-order valence-electron chi connectivity index (χ1n) is 4.20. The summed E-state index contributed by atoms with van der Waals surface area (Å²) in [5.41, 5.74) is 0. The van der Waals surface area contributed by atoms with E-state index < -0.39 is 8.80 Å². The van der Waals surface area contributed by atoms with E-state index in [1.807, 2.05) is 0 Å². The van der Waals surface area contributed by atoms with Crippen LogP contribution >= 0.6 is 0 Å². The molecular formula is C8H17NO4Si. The van der Waals surface area contributed by atoms with Gasteiger partial charge in [-0.3, -0.25) is 4.79 Å². The number of rotatable bonds is 7. The maximum Gasteiger partial charge on any atom is 0.501 e. The van der Waals surface area contributed by atoms with E-state index in [1.165, 1.54) is 27.4 Å².